The van der Waals surface area contributed by atoms with E-state index in [1.165, 1.54) is 6.07 Å². The number of nitrogens with zero attached hydrogens (tertiary/aromatic N) is 1. The standard InChI is InChI=1S/C14H19F3N2O/c1-9(20)11-4-5-19(8-11)12-3-2-10(7-18)13(6-12)14(15,16)17/h2-3,6,9,11,20H,4-5,7-8,18H2,1H3. The molecule has 0 aromatic heterocycles. The van der Waals surface area contributed by atoms with Crippen molar-refractivity contribution in [2.24, 2.45) is 11.7 Å². The Morgan fingerprint density at radius 3 is 2.65 bits per heavy atom. The normalized spacial score (nSPS) is 21.3. The summed E-state index contributed by atoms with van der Waals surface area (Å²) in [6.07, 6.45) is -4.04. The van der Waals surface area contributed by atoms with Crippen LogP contribution in [-0.4, -0.2) is 24.3 Å². The first-order valence-electron chi connectivity index (χ1n) is 6.66. The van der Waals surface area contributed by atoms with Crippen LogP contribution in [0, 0.1) is 5.92 Å². The quantitative estimate of drug-likeness (QED) is 0.898. The van der Waals surface area contributed by atoms with Gasteiger partial charge in [-0.3, -0.25) is 0 Å². The number of anilines is 1. The Hall–Kier alpha value is -1.27. The number of nitrogens with two attached hydrogens (primary N) is 1. The molecule has 0 spiro atoms. The van der Waals surface area contributed by atoms with Gasteiger partial charge in [0.05, 0.1) is 11.7 Å². The van der Waals surface area contributed by atoms with E-state index in [1.54, 1.807) is 13.0 Å². The number of benzene rings is 1. The van der Waals surface area contributed by atoms with Crippen molar-refractivity contribution in [2.45, 2.75) is 32.2 Å². The number of alkyl halides is 3. The zero-order valence-electron chi connectivity index (χ0n) is 11.3. The van der Waals surface area contributed by atoms with E-state index in [4.69, 9.17) is 5.73 Å². The summed E-state index contributed by atoms with van der Waals surface area (Å²) in [7, 11) is 0. The van der Waals surface area contributed by atoms with Crippen LogP contribution in [0.4, 0.5) is 18.9 Å². The van der Waals surface area contributed by atoms with Crippen molar-refractivity contribution in [3.05, 3.63) is 29.3 Å². The maximum Gasteiger partial charge on any atom is 0.416 e. The van der Waals surface area contributed by atoms with Gasteiger partial charge in [0.25, 0.3) is 0 Å². The van der Waals surface area contributed by atoms with Gasteiger partial charge in [0.1, 0.15) is 0 Å². The lowest BCUT2D eigenvalue weighted by atomic mass is 10.0. The predicted molar refractivity (Wildman–Crippen MR) is 71.3 cm³/mol. The van der Waals surface area contributed by atoms with E-state index in [2.05, 4.69) is 0 Å². The number of rotatable bonds is 3. The van der Waals surface area contributed by atoms with Crippen LogP contribution in [0.15, 0.2) is 18.2 Å². The maximum atomic E-state index is 13.0. The van der Waals surface area contributed by atoms with E-state index in [0.29, 0.717) is 18.8 Å². The summed E-state index contributed by atoms with van der Waals surface area (Å²) in [5.74, 6) is 0.110. The van der Waals surface area contributed by atoms with E-state index in [1.807, 2.05) is 4.90 Å². The van der Waals surface area contributed by atoms with Crippen molar-refractivity contribution in [3.63, 3.8) is 0 Å². The lowest BCUT2D eigenvalue weighted by Gasteiger charge is -2.22. The summed E-state index contributed by atoms with van der Waals surface area (Å²) < 4.78 is 39.0. The minimum absolute atomic E-state index is 0.104. The van der Waals surface area contributed by atoms with Crippen molar-refractivity contribution < 1.29 is 18.3 Å². The summed E-state index contributed by atoms with van der Waals surface area (Å²) in [6, 6.07) is 4.27. The van der Waals surface area contributed by atoms with E-state index < -0.39 is 17.8 Å². The first-order chi connectivity index (χ1) is 9.32. The van der Waals surface area contributed by atoms with Gasteiger partial charge >= 0.3 is 6.18 Å². The van der Waals surface area contributed by atoms with E-state index in [-0.39, 0.29) is 18.0 Å². The Morgan fingerprint density at radius 2 is 2.15 bits per heavy atom. The molecule has 0 bridgehead atoms. The summed E-state index contributed by atoms with van der Waals surface area (Å²) in [4.78, 5) is 1.88. The van der Waals surface area contributed by atoms with E-state index in [9.17, 15) is 18.3 Å². The maximum absolute atomic E-state index is 13.0. The lowest BCUT2D eigenvalue weighted by molar-refractivity contribution is -0.138. The lowest BCUT2D eigenvalue weighted by Crippen LogP contribution is -2.24. The molecule has 20 heavy (non-hydrogen) atoms. The largest absolute Gasteiger partial charge is 0.416 e. The smallest absolute Gasteiger partial charge is 0.393 e. The Balaban J connectivity index is 2.26. The molecule has 0 saturated carbocycles. The molecule has 2 atom stereocenters. The van der Waals surface area contributed by atoms with Gasteiger partial charge in [0.15, 0.2) is 0 Å². The Morgan fingerprint density at radius 1 is 1.45 bits per heavy atom. The summed E-state index contributed by atoms with van der Waals surface area (Å²) in [5.41, 5.74) is 5.34. The monoisotopic (exact) mass is 288 g/mol. The topological polar surface area (TPSA) is 49.5 Å². The van der Waals surface area contributed by atoms with Gasteiger partial charge in [-0.1, -0.05) is 6.07 Å². The van der Waals surface area contributed by atoms with Gasteiger partial charge in [0, 0.05) is 31.2 Å². The number of aliphatic hydroxyl groups is 1. The Labute approximate surface area is 116 Å². The molecule has 1 aromatic carbocycles. The fraction of sp³-hybridized carbons (Fsp3) is 0.571. The fourth-order valence-corrected chi connectivity index (χ4v) is 2.62. The van der Waals surface area contributed by atoms with Gasteiger partial charge in [-0.05, 0) is 31.0 Å². The van der Waals surface area contributed by atoms with Crippen LogP contribution < -0.4 is 10.6 Å². The first kappa shape index (κ1) is 15.1. The molecule has 1 aromatic rings. The van der Waals surface area contributed by atoms with Gasteiger partial charge in [0.2, 0.25) is 0 Å². The minimum atomic E-state index is -4.39. The van der Waals surface area contributed by atoms with Crippen molar-refractivity contribution in [2.75, 3.05) is 18.0 Å². The SMILES string of the molecule is CC(O)C1CCN(c2ccc(CN)c(C(F)(F)F)c2)C1. The van der Waals surface area contributed by atoms with Crippen molar-refractivity contribution in [1.29, 1.82) is 0 Å². The van der Waals surface area contributed by atoms with E-state index in [0.717, 1.165) is 12.5 Å². The van der Waals surface area contributed by atoms with Crippen molar-refractivity contribution in [3.8, 4) is 0 Å². The van der Waals surface area contributed by atoms with Crippen LogP contribution in [0.1, 0.15) is 24.5 Å². The second-order valence-corrected chi connectivity index (χ2v) is 5.28. The highest BCUT2D eigenvalue weighted by molar-refractivity contribution is 5.52. The van der Waals surface area contributed by atoms with Gasteiger partial charge in [-0.2, -0.15) is 13.2 Å². The first-order valence-corrected chi connectivity index (χ1v) is 6.66. The molecule has 6 heteroatoms. The molecule has 3 nitrogen and oxygen atoms in total. The van der Waals surface area contributed by atoms with Gasteiger partial charge in [-0.25, -0.2) is 0 Å². The molecular weight excluding hydrogens is 269 g/mol. The van der Waals surface area contributed by atoms with Crippen LogP contribution in [0.25, 0.3) is 0 Å². The van der Waals surface area contributed by atoms with Crippen molar-refractivity contribution >= 4 is 5.69 Å². The average Bonchev–Trinajstić information content (AvgIpc) is 2.86. The van der Waals surface area contributed by atoms with Crippen molar-refractivity contribution in [1.82, 2.24) is 0 Å². The summed E-state index contributed by atoms with van der Waals surface area (Å²) in [6.45, 7) is 2.82. The van der Waals surface area contributed by atoms with Gasteiger partial charge in [-0.15, -0.1) is 0 Å². The fourth-order valence-electron chi connectivity index (χ4n) is 2.62. The zero-order chi connectivity index (χ0) is 14.9. The van der Waals surface area contributed by atoms with E-state index >= 15 is 0 Å². The number of hydrogen-bond acceptors (Lipinski definition) is 3. The van der Waals surface area contributed by atoms with Crippen LogP contribution in [-0.2, 0) is 12.7 Å². The molecule has 0 amide bonds. The van der Waals surface area contributed by atoms with Crippen LogP contribution in [0.2, 0.25) is 0 Å². The molecule has 112 valence electrons. The number of halogens is 3. The molecule has 1 fully saturated rings. The van der Waals surface area contributed by atoms with Crippen LogP contribution >= 0.6 is 0 Å². The second-order valence-electron chi connectivity index (χ2n) is 5.28. The van der Waals surface area contributed by atoms with Gasteiger partial charge < -0.3 is 15.7 Å². The highest BCUT2D eigenvalue weighted by Crippen LogP contribution is 2.35. The molecule has 0 aliphatic carbocycles. The summed E-state index contributed by atoms with van der Waals surface area (Å²) in [5, 5.41) is 9.56. The molecule has 2 rings (SSSR count). The minimum Gasteiger partial charge on any atom is -0.393 e. The highest BCUT2D eigenvalue weighted by atomic mass is 19.4. The third-order valence-corrected chi connectivity index (χ3v) is 3.89. The molecule has 1 aliphatic heterocycles. The zero-order valence-corrected chi connectivity index (χ0v) is 11.3. The molecule has 1 saturated heterocycles. The van der Waals surface area contributed by atoms with Crippen LogP contribution in [0.5, 0.6) is 0 Å². The predicted octanol–water partition coefficient (Wildman–Crippen LogP) is 2.37. The second kappa shape index (κ2) is 5.61. The Bertz CT molecular complexity index is 474. The molecule has 1 aliphatic rings. The third-order valence-electron chi connectivity index (χ3n) is 3.89. The Kier molecular flexibility index (Phi) is 4.25. The number of hydrogen-bond donors (Lipinski definition) is 2. The highest BCUT2D eigenvalue weighted by Gasteiger charge is 2.34. The van der Waals surface area contributed by atoms with Crippen LogP contribution in [0.3, 0.4) is 0 Å². The summed E-state index contributed by atoms with van der Waals surface area (Å²) >= 11 is 0. The molecule has 3 N–H and O–H groups in total. The molecular formula is C14H19F3N2O. The average molecular weight is 288 g/mol. The number of aliphatic hydroxyl groups excluding tert-OH is 1. The molecule has 2 unspecified atom stereocenters. The third kappa shape index (κ3) is 3.07. The molecule has 1 heterocycles. The molecule has 0 radical (unpaired) electrons.